The summed E-state index contributed by atoms with van der Waals surface area (Å²) < 4.78 is 43.1. The smallest absolute Gasteiger partial charge is 0.270 e. The third-order valence-electron chi connectivity index (χ3n) is 4.20. The first-order valence-corrected chi connectivity index (χ1v) is 10.1. The van der Waals surface area contributed by atoms with Gasteiger partial charge in [0.05, 0.1) is 22.8 Å². The number of benzene rings is 2. The maximum Gasteiger partial charge on any atom is 0.416 e. The molecule has 2 aromatic heterocycles. The molecule has 0 atom stereocenters. The topological polar surface area (TPSA) is 61.4 Å². The van der Waals surface area contributed by atoms with Crippen LogP contribution in [0.15, 0.2) is 66.3 Å². The largest absolute Gasteiger partial charge is 0.416 e. The summed E-state index contributed by atoms with van der Waals surface area (Å²) in [6, 6.07) is 12.0. The Bertz CT molecular complexity index is 1140. The van der Waals surface area contributed by atoms with Gasteiger partial charge in [0, 0.05) is 11.3 Å². The maximum absolute atomic E-state index is 13.3. The first-order valence-electron chi connectivity index (χ1n) is 8.76. The minimum absolute atomic E-state index is 0.299. The molecule has 0 saturated heterocycles. The van der Waals surface area contributed by atoms with Gasteiger partial charge in [0.2, 0.25) is 0 Å². The van der Waals surface area contributed by atoms with E-state index >= 15 is 0 Å². The fraction of sp³-hybridized carbons (Fsp3) is 0.158. The number of halogens is 4. The molecule has 2 aromatic carbocycles. The van der Waals surface area contributed by atoms with Crippen LogP contribution in [-0.4, -0.2) is 35.3 Å². The van der Waals surface area contributed by atoms with Crippen molar-refractivity contribution in [3.8, 4) is 17.1 Å². The molecule has 30 heavy (non-hydrogen) atoms. The van der Waals surface area contributed by atoms with Gasteiger partial charge in [-0.3, -0.25) is 9.25 Å². The van der Waals surface area contributed by atoms with Crippen molar-refractivity contribution in [2.45, 2.75) is 17.9 Å². The lowest BCUT2D eigenvalue weighted by Crippen LogP contribution is -2.07. The van der Waals surface area contributed by atoms with Gasteiger partial charge in [-0.1, -0.05) is 41.6 Å². The van der Waals surface area contributed by atoms with Crippen LogP contribution >= 0.6 is 23.4 Å². The molecule has 154 valence electrons. The molecule has 0 bridgehead atoms. The zero-order valence-corrected chi connectivity index (χ0v) is 16.9. The minimum atomic E-state index is -4.46. The molecule has 0 N–H and O–H groups in total. The summed E-state index contributed by atoms with van der Waals surface area (Å²) >= 11 is 7.67. The number of aromatic nitrogens is 6. The Kier molecular flexibility index (Phi) is 5.78. The molecule has 0 fully saturated rings. The summed E-state index contributed by atoms with van der Waals surface area (Å²) in [5.41, 5.74) is 0.123. The normalized spacial score (nSPS) is 11.7. The lowest BCUT2D eigenvalue weighted by molar-refractivity contribution is -0.137. The molecule has 0 aliphatic heterocycles. The Balaban J connectivity index is 1.75. The standard InChI is InChI=1S/C19H14ClF3N6S/c20-16-7-2-1-6-15(16)17-26-27-18(30-9-8-28-12-24-11-25-28)29(17)14-5-3-4-13(10-14)19(21,22)23/h1-7,10-12H,8-9H2. The van der Waals surface area contributed by atoms with Crippen molar-refractivity contribution in [2.75, 3.05) is 5.75 Å². The second-order valence-corrected chi connectivity index (χ2v) is 7.65. The third-order valence-corrected chi connectivity index (χ3v) is 5.44. The number of aryl methyl sites for hydroxylation is 1. The molecule has 2 heterocycles. The summed E-state index contributed by atoms with van der Waals surface area (Å²) in [4.78, 5) is 3.89. The van der Waals surface area contributed by atoms with E-state index in [0.29, 0.717) is 39.6 Å². The SMILES string of the molecule is FC(F)(F)c1cccc(-n2c(SCCn3cncn3)nnc2-c2ccccc2Cl)c1. The Morgan fingerprint density at radius 1 is 1.03 bits per heavy atom. The highest BCUT2D eigenvalue weighted by Gasteiger charge is 2.31. The van der Waals surface area contributed by atoms with E-state index in [1.54, 1.807) is 45.9 Å². The number of alkyl halides is 3. The Labute approximate surface area is 178 Å². The van der Waals surface area contributed by atoms with Crippen molar-refractivity contribution in [3.05, 3.63) is 71.8 Å². The van der Waals surface area contributed by atoms with Crippen molar-refractivity contribution < 1.29 is 13.2 Å². The van der Waals surface area contributed by atoms with E-state index in [4.69, 9.17) is 11.6 Å². The van der Waals surface area contributed by atoms with Gasteiger partial charge in [-0.15, -0.1) is 10.2 Å². The number of hydrogen-bond acceptors (Lipinski definition) is 5. The highest BCUT2D eigenvalue weighted by atomic mass is 35.5. The summed E-state index contributed by atoms with van der Waals surface area (Å²) in [5, 5.41) is 13.3. The van der Waals surface area contributed by atoms with Gasteiger partial charge in [-0.25, -0.2) is 4.98 Å². The van der Waals surface area contributed by atoms with Gasteiger partial charge in [0.15, 0.2) is 11.0 Å². The molecule has 4 rings (SSSR count). The lowest BCUT2D eigenvalue weighted by atomic mass is 10.1. The fourth-order valence-corrected chi connectivity index (χ4v) is 3.91. The molecule has 0 spiro atoms. The van der Waals surface area contributed by atoms with E-state index in [1.807, 2.05) is 0 Å². The fourth-order valence-electron chi connectivity index (χ4n) is 2.81. The minimum Gasteiger partial charge on any atom is -0.270 e. The summed E-state index contributed by atoms with van der Waals surface area (Å²) in [7, 11) is 0. The van der Waals surface area contributed by atoms with Crippen LogP contribution in [0.3, 0.4) is 0 Å². The molecule has 4 aromatic rings. The molecule has 11 heteroatoms. The molecule has 0 amide bonds. The number of thioether (sulfide) groups is 1. The maximum atomic E-state index is 13.3. The summed E-state index contributed by atoms with van der Waals surface area (Å²) in [6.07, 6.45) is -1.44. The van der Waals surface area contributed by atoms with Gasteiger partial charge in [-0.2, -0.15) is 18.3 Å². The van der Waals surface area contributed by atoms with E-state index in [1.165, 1.54) is 24.2 Å². The number of hydrogen-bond donors (Lipinski definition) is 0. The Morgan fingerprint density at radius 2 is 1.87 bits per heavy atom. The first-order chi connectivity index (χ1) is 14.4. The average Bonchev–Trinajstić information content (AvgIpc) is 3.38. The molecule has 0 saturated carbocycles. The van der Waals surface area contributed by atoms with E-state index in [9.17, 15) is 13.2 Å². The van der Waals surface area contributed by atoms with Crippen LogP contribution in [0.1, 0.15) is 5.56 Å². The van der Waals surface area contributed by atoms with Crippen molar-refractivity contribution in [2.24, 2.45) is 0 Å². The molecule has 0 unspecified atom stereocenters. The van der Waals surface area contributed by atoms with Crippen LogP contribution in [0.2, 0.25) is 5.02 Å². The Morgan fingerprint density at radius 3 is 2.60 bits per heavy atom. The summed E-state index contributed by atoms with van der Waals surface area (Å²) in [5.74, 6) is 0.936. The predicted octanol–water partition coefficient (Wildman–Crippen LogP) is 4.99. The van der Waals surface area contributed by atoms with Crippen molar-refractivity contribution >= 4 is 23.4 Å². The average molecular weight is 451 g/mol. The van der Waals surface area contributed by atoms with E-state index in [2.05, 4.69) is 20.3 Å². The second kappa shape index (κ2) is 8.49. The molecule has 0 radical (unpaired) electrons. The van der Waals surface area contributed by atoms with Crippen LogP contribution in [0.25, 0.3) is 17.1 Å². The summed E-state index contributed by atoms with van der Waals surface area (Å²) in [6.45, 7) is 0.557. The second-order valence-electron chi connectivity index (χ2n) is 6.18. The molecule has 0 aliphatic carbocycles. The van der Waals surface area contributed by atoms with E-state index in [0.717, 1.165) is 12.1 Å². The zero-order chi connectivity index (χ0) is 21.1. The number of rotatable bonds is 6. The quantitative estimate of drug-likeness (QED) is 0.387. The predicted molar refractivity (Wildman–Crippen MR) is 108 cm³/mol. The number of nitrogens with zero attached hydrogens (tertiary/aromatic N) is 6. The lowest BCUT2D eigenvalue weighted by Gasteiger charge is -2.13. The third kappa shape index (κ3) is 4.34. The van der Waals surface area contributed by atoms with E-state index < -0.39 is 11.7 Å². The molecular formula is C19H14ClF3N6S. The van der Waals surface area contributed by atoms with E-state index in [-0.39, 0.29) is 0 Å². The first kappa shape index (κ1) is 20.4. The highest BCUT2D eigenvalue weighted by Crippen LogP contribution is 2.35. The van der Waals surface area contributed by atoms with Crippen LogP contribution < -0.4 is 0 Å². The van der Waals surface area contributed by atoms with Crippen LogP contribution in [0.4, 0.5) is 13.2 Å². The van der Waals surface area contributed by atoms with Crippen LogP contribution in [0, 0.1) is 0 Å². The molecule has 0 aliphatic rings. The highest BCUT2D eigenvalue weighted by molar-refractivity contribution is 7.99. The van der Waals surface area contributed by atoms with Gasteiger partial charge in [0.1, 0.15) is 12.7 Å². The monoisotopic (exact) mass is 450 g/mol. The van der Waals surface area contributed by atoms with Gasteiger partial charge in [-0.05, 0) is 30.3 Å². The van der Waals surface area contributed by atoms with Crippen molar-refractivity contribution in [1.29, 1.82) is 0 Å². The molecular weight excluding hydrogens is 437 g/mol. The van der Waals surface area contributed by atoms with Crippen LogP contribution in [0.5, 0.6) is 0 Å². The van der Waals surface area contributed by atoms with Gasteiger partial charge < -0.3 is 0 Å². The molecule has 6 nitrogen and oxygen atoms in total. The van der Waals surface area contributed by atoms with Crippen molar-refractivity contribution in [1.82, 2.24) is 29.5 Å². The van der Waals surface area contributed by atoms with Gasteiger partial charge in [0.25, 0.3) is 0 Å². The Hall–Kier alpha value is -2.85. The van der Waals surface area contributed by atoms with Crippen LogP contribution in [-0.2, 0) is 12.7 Å². The van der Waals surface area contributed by atoms with Gasteiger partial charge >= 0.3 is 6.18 Å². The van der Waals surface area contributed by atoms with Crippen molar-refractivity contribution in [3.63, 3.8) is 0 Å². The zero-order valence-electron chi connectivity index (χ0n) is 15.3.